The summed E-state index contributed by atoms with van der Waals surface area (Å²) in [5.74, 6) is -0.324. The molecule has 5 heteroatoms. The maximum absolute atomic E-state index is 12.1. The highest BCUT2D eigenvalue weighted by Crippen LogP contribution is 2.40. The molecular formula is C24H35NO3Si. The van der Waals surface area contributed by atoms with Gasteiger partial charge in [0.25, 0.3) is 8.32 Å². The SMILES string of the molecule is CCCCOC(=O)[C@@H](N)CCCC(C)(C)[Si](O)(c1ccccc1)c1ccccc1. The number of benzene rings is 2. The summed E-state index contributed by atoms with van der Waals surface area (Å²) in [6.45, 7) is 6.75. The van der Waals surface area contributed by atoms with Crippen LogP contribution in [0.1, 0.15) is 52.9 Å². The van der Waals surface area contributed by atoms with E-state index in [9.17, 15) is 9.59 Å². The summed E-state index contributed by atoms with van der Waals surface area (Å²) < 4.78 is 5.23. The van der Waals surface area contributed by atoms with Crippen molar-refractivity contribution in [1.29, 1.82) is 0 Å². The molecule has 0 aliphatic heterocycles. The van der Waals surface area contributed by atoms with Crippen LogP contribution in [0.4, 0.5) is 0 Å². The molecule has 0 amide bonds. The highest BCUT2D eigenvalue weighted by atomic mass is 28.4. The minimum Gasteiger partial charge on any atom is -0.465 e. The second-order valence-electron chi connectivity index (χ2n) is 8.35. The average molecular weight is 414 g/mol. The minimum absolute atomic E-state index is 0.324. The van der Waals surface area contributed by atoms with E-state index in [0.29, 0.717) is 13.0 Å². The first-order valence-corrected chi connectivity index (χ1v) is 12.5. The van der Waals surface area contributed by atoms with Crippen molar-refractivity contribution >= 4 is 24.7 Å². The van der Waals surface area contributed by atoms with E-state index in [0.717, 1.165) is 36.1 Å². The number of hydrogen-bond donors (Lipinski definition) is 2. The van der Waals surface area contributed by atoms with Gasteiger partial charge in [0.2, 0.25) is 0 Å². The molecule has 2 rings (SSSR count). The highest BCUT2D eigenvalue weighted by molar-refractivity contribution is 6.98. The van der Waals surface area contributed by atoms with E-state index in [1.807, 2.05) is 60.7 Å². The van der Waals surface area contributed by atoms with Crippen LogP contribution in [0.25, 0.3) is 0 Å². The zero-order chi connectivity index (χ0) is 21.3. The van der Waals surface area contributed by atoms with Gasteiger partial charge in [0, 0.05) is 0 Å². The van der Waals surface area contributed by atoms with Gasteiger partial charge in [0.15, 0.2) is 0 Å². The average Bonchev–Trinajstić information content (AvgIpc) is 2.74. The van der Waals surface area contributed by atoms with Gasteiger partial charge in [-0.1, -0.05) is 94.3 Å². The van der Waals surface area contributed by atoms with Crippen molar-refractivity contribution in [1.82, 2.24) is 0 Å². The van der Waals surface area contributed by atoms with Gasteiger partial charge in [-0.05, 0) is 34.7 Å². The van der Waals surface area contributed by atoms with Gasteiger partial charge in [-0.15, -0.1) is 0 Å². The van der Waals surface area contributed by atoms with Crippen molar-refractivity contribution in [2.45, 2.75) is 64.0 Å². The van der Waals surface area contributed by atoms with E-state index >= 15 is 0 Å². The van der Waals surface area contributed by atoms with Crippen LogP contribution in [0.5, 0.6) is 0 Å². The largest absolute Gasteiger partial charge is 0.465 e. The van der Waals surface area contributed by atoms with E-state index in [2.05, 4.69) is 20.8 Å². The fraction of sp³-hybridized carbons (Fsp3) is 0.458. The Bertz CT molecular complexity index is 710. The lowest BCUT2D eigenvalue weighted by Gasteiger charge is -2.41. The van der Waals surface area contributed by atoms with Gasteiger partial charge in [-0.25, -0.2) is 0 Å². The van der Waals surface area contributed by atoms with Gasteiger partial charge < -0.3 is 15.3 Å². The third-order valence-electron chi connectivity index (χ3n) is 5.72. The predicted octanol–water partition coefficient (Wildman–Crippen LogP) is 3.36. The summed E-state index contributed by atoms with van der Waals surface area (Å²) in [6, 6.07) is 19.4. The smallest absolute Gasteiger partial charge is 0.322 e. The summed E-state index contributed by atoms with van der Waals surface area (Å²) in [5, 5.41) is 1.67. The van der Waals surface area contributed by atoms with Crippen LogP contribution >= 0.6 is 0 Å². The van der Waals surface area contributed by atoms with Crippen molar-refractivity contribution < 1.29 is 14.3 Å². The number of unbranched alkanes of at least 4 members (excludes halogenated alkanes) is 1. The fourth-order valence-corrected chi connectivity index (χ4v) is 7.58. The van der Waals surface area contributed by atoms with Gasteiger partial charge >= 0.3 is 5.97 Å². The summed E-state index contributed by atoms with van der Waals surface area (Å²) >= 11 is 0. The molecule has 0 fully saturated rings. The van der Waals surface area contributed by atoms with Crippen molar-refractivity contribution in [2.24, 2.45) is 5.73 Å². The molecular weight excluding hydrogens is 378 g/mol. The zero-order valence-electron chi connectivity index (χ0n) is 17.9. The molecule has 3 N–H and O–H groups in total. The van der Waals surface area contributed by atoms with Crippen LogP contribution in [0.3, 0.4) is 0 Å². The molecule has 0 unspecified atom stereocenters. The molecule has 2 aromatic rings. The number of nitrogens with two attached hydrogens (primary N) is 1. The van der Waals surface area contributed by atoms with E-state index < -0.39 is 14.4 Å². The molecule has 0 spiro atoms. The molecule has 0 heterocycles. The molecule has 4 nitrogen and oxygen atoms in total. The molecule has 0 radical (unpaired) electrons. The molecule has 0 aliphatic carbocycles. The van der Waals surface area contributed by atoms with Crippen molar-refractivity contribution in [3.8, 4) is 0 Å². The molecule has 2 aromatic carbocycles. The molecule has 0 saturated heterocycles. The Balaban J connectivity index is 2.12. The predicted molar refractivity (Wildman–Crippen MR) is 122 cm³/mol. The van der Waals surface area contributed by atoms with Crippen LogP contribution in [-0.2, 0) is 9.53 Å². The van der Waals surface area contributed by atoms with Gasteiger partial charge in [-0.2, -0.15) is 0 Å². The Labute approximate surface area is 176 Å². The lowest BCUT2D eigenvalue weighted by molar-refractivity contribution is -0.145. The maximum Gasteiger partial charge on any atom is 0.322 e. The number of hydrogen-bond acceptors (Lipinski definition) is 4. The van der Waals surface area contributed by atoms with E-state index in [1.54, 1.807) is 0 Å². The van der Waals surface area contributed by atoms with Gasteiger partial charge in [0.05, 0.1) is 6.61 Å². The summed E-state index contributed by atoms with van der Waals surface area (Å²) in [5.41, 5.74) is 6.03. The lowest BCUT2D eigenvalue weighted by Crippen LogP contribution is -2.65. The van der Waals surface area contributed by atoms with Crippen LogP contribution in [0, 0.1) is 0 Å². The molecule has 0 saturated carbocycles. The molecule has 0 bridgehead atoms. The van der Waals surface area contributed by atoms with E-state index in [1.165, 1.54) is 0 Å². The van der Waals surface area contributed by atoms with E-state index in [4.69, 9.17) is 10.5 Å². The number of carbonyl (C=O) groups excluding carboxylic acids is 1. The monoisotopic (exact) mass is 413 g/mol. The highest BCUT2D eigenvalue weighted by Gasteiger charge is 2.49. The molecule has 0 aliphatic rings. The number of esters is 1. The summed E-state index contributed by atoms with van der Waals surface area (Å²) in [6.07, 6.45) is 3.93. The Morgan fingerprint density at radius 2 is 1.55 bits per heavy atom. The van der Waals surface area contributed by atoms with Gasteiger partial charge in [-0.3, -0.25) is 4.79 Å². The van der Waals surface area contributed by atoms with Crippen LogP contribution in [-0.4, -0.2) is 31.7 Å². The Morgan fingerprint density at radius 3 is 2.03 bits per heavy atom. The molecule has 158 valence electrons. The molecule has 29 heavy (non-hydrogen) atoms. The molecule has 0 aromatic heterocycles. The van der Waals surface area contributed by atoms with Crippen molar-refractivity contribution in [3.63, 3.8) is 0 Å². The minimum atomic E-state index is -3.01. The summed E-state index contributed by atoms with van der Waals surface area (Å²) in [4.78, 5) is 24.1. The third kappa shape index (κ3) is 5.78. The Hall–Kier alpha value is -1.95. The quantitative estimate of drug-likeness (QED) is 0.337. The zero-order valence-corrected chi connectivity index (χ0v) is 18.9. The van der Waals surface area contributed by atoms with E-state index in [-0.39, 0.29) is 11.0 Å². The van der Waals surface area contributed by atoms with Crippen LogP contribution < -0.4 is 16.1 Å². The van der Waals surface area contributed by atoms with Crippen LogP contribution in [0.15, 0.2) is 60.7 Å². The first kappa shape index (κ1) is 23.3. The van der Waals surface area contributed by atoms with Crippen molar-refractivity contribution in [3.05, 3.63) is 60.7 Å². The lowest BCUT2D eigenvalue weighted by atomic mass is 10.0. The molecule has 1 atom stereocenters. The van der Waals surface area contributed by atoms with Gasteiger partial charge in [0.1, 0.15) is 6.04 Å². The number of carbonyl (C=O) groups is 1. The number of rotatable bonds is 11. The van der Waals surface area contributed by atoms with Crippen molar-refractivity contribution in [2.75, 3.05) is 6.61 Å². The standard InChI is InChI=1S/C24H35NO3Si/c1-4-5-19-28-23(26)22(25)17-12-18-24(2,3)29(27,20-13-8-6-9-14-20)21-15-10-7-11-16-21/h6-11,13-16,22,27H,4-5,12,17-19,25H2,1-3H3/t22-/m0/s1. The second kappa shape index (κ2) is 10.7. The number of ether oxygens (including phenoxy) is 1. The second-order valence-corrected chi connectivity index (χ2v) is 12.3. The first-order chi connectivity index (χ1) is 13.8. The third-order valence-corrected chi connectivity index (χ3v) is 10.3. The Kier molecular flexibility index (Phi) is 8.62. The Morgan fingerprint density at radius 1 is 1.03 bits per heavy atom. The van der Waals surface area contributed by atoms with Crippen LogP contribution in [0.2, 0.25) is 5.04 Å². The first-order valence-electron chi connectivity index (χ1n) is 10.6. The topological polar surface area (TPSA) is 72.5 Å². The maximum atomic E-state index is 12.1. The fourth-order valence-electron chi connectivity index (χ4n) is 3.79. The normalized spacial score (nSPS) is 13.1. The summed E-state index contributed by atoms with van der Waals surface area (Å²) in [7, 11) is -3.01.